The molecular weight excluding hydrogens is 693 g/mol. The lowest BCUT2D eigenvalue weighted by molar-refractivity contribution is -0.163. The van der Waals surface area contributed by atoms with E-state index in [2.05, 4.69) is 32.9 Å². The van der Waals surface area contributed by atoms with Crippen molar-refractivity contribution >= 4 is 11.9 Å². The summed E-state index contributed by atoms with van der Waals surface area (Å²) in [6.07, 6.45) is 53.5. The average Bonchev–Trinajstić information content (AvgIpc) is 3.20. The summed E-state index contributed by atoms with van der Waals surface area (Å²) in [5.74, 6) is -0.381. The smallest absolute Gasteiger partial charge is 0.306 e. The summed E-state index contributed by atoms with van der Waals surface area (Å²) in [5.41, 5.74) is 0. The van der Waals surface area contributed by atoms with E-state index in [-0.39, 0.29) is 18.5 Å². The van der Waals surface area contributed by atoms with Crippen LogP contribution < -0.4 is 0 Å². The van der Waals surface area contributed by atoms with Crippen LogP contribution in [0.2, 0.25) is 0 Å². The van der Waals surface area contributed by atoms with Gasteiger partial charge in [0.2, 0.25) is 0 Å². The monoisotopic (exact) mass is 791 g/mol. The number of esters is 2. The number of carbonyl (C=O) groups is 2. The molecule has 0 aromatic heterocycles. The molecule has 0 aromatic rings. The van der Waals surface area contributed by atoms with Crippen LogP contribution in [0.1, 0.15) is 278 Å². The van der Waals surface area contributed by atoms with Crippen molar-refractivity contribution in [2.45, 2.75) is 284 Å². The zero-order chi connectivity index (χ0) is 40.7. The zero-order valence-electron chi connectivity index (χ0n) is 38.2. The molecule has 0 aromatic carbocycles. The van der Waals surface area contributed by atoms with Crippen LogP contribution in [0.25, 0.3) is 0 Å². The standard InChI is InChI=1S/C51H98O5/c1-4-7-10-13-16-19-22-25-26-28-29-32-35-38-41-44-50(52)55-48-49(47-54-46-43-40-37-34-31-24-21-18-15-12-9-6-3)56-51(53)45-42-39-36-33-30-27-23-20-17-14-11-8-5-2/h15,18,49H,4-14,16-17,19-48H2,1-3H3/b18-15-. The second kappa shape index (κ2) is 48.0. The van der Waals surface area contributed by atoms with Gasteiger partial charge in [-0.3, -0.25) is 9.59 Å². The van der Waals surface area contributed by atoms with Crippen molar-refractivity contribution in [1.82, 2.24) is 0 Å². The highest BCUT2D eigenvalue weighted by atomic mass is 16.6. The SMILES string of the molecule is CCCC/C=C\CCCCCCCCOCC(COC(=O)CCCCCCCCCCCCCCCCC)OC(=O)CCCCCCCCCCCCCCC. The van der Waals surface area contributed by atoms with Gasteiger partial charge in [0.05, 0.1) is 6.61 Å². The van der Waals surface area contributed by atoms with Crippen LogP contribution in [0.3, 0.4) is 0 Å². The molecule has 56 heavy (non-hydrogen) atoms. The normalized spacial score (nSPS) is 12.1. The number of carbonyl (C=O) groups excluding carboxylic acids is 2. The second-order valence-corrected chi connectivity index (χ2v) is 17.1. The Hall–Kier alpha value is -1.36. The third kappa shape index (κ3) is 45.3. The molecule has 1 atom stereocenters. The lowest BCUT2D eigenvalue weighted by Crippen LogP contribution is -2.30. The largest absolute Gasteiger partial charge is 0.462 e. The molecular formula is C51H98O5. The Labute approximate surface area is 350 Å². The minimum absolute atomic E-state index is 0.0921. The number of hydrogen-bond donors (Lipinski definition) is 0. The predicted octanol–water partition coefficient (Wildman–Crippen LogP) is 16.7. The molecule has 0 spiro atoms. The summed E-state index contributed by atoms with van der Waals surface area (Å²) >= 11 is 0. The van der Waals surface area contributed by atoms with Crippen LogP contribution in [0, 0.1) is 0 Å². The maximum absolute atomic E-state index is 12.8. The number of allylic oxidation sites excluding steroid dienone is 2. The van der Waals surface area contributed by atoms with Gasteiger partial charge in [-0.25, -0.2) is 0 Å². The van der Waals surface area contributed by atoms with Gasteiger partial charge in [0.15, 0.2) is 6.10 Å². The Morgan fingerprint density at radius 2 is 0.714 bits per heavy atom. The first-order valence-corrected chi connectivity index (χ1v) is 25.2. The van der Waals surface area contributed by atoms with E-state index >= 15 is 0 Å². The number of ether oxygens (including phenoxy) is 3. The van der Waals surface area contributed by atoms with Crippen LogP contribution in [0.15, 0.2) is 12.2 Å². The summed E-state index contributed by atoms with van der Waals surface area (Å²) in [7, 11) is 0. The van der Waals surface area contributed by atoms with E-state index in [4.69, 9.17) is 14.2 Å². The van der Waals surface area contributed by atoms with Gasteiger partial charge in [-0.1, -0.05) is 238 Å². The molecule has 0 saturated carbocycles. The van der Waals surface area contributed by atoms with Crippen molar-refractivity contribution in [3.05, 3.63) is 12.2 Å². The summed E-state index contributed by atoms with van der Waals surface area (Å²) in [5, 5.41) is 0. The molecule has 0 aliphatic rings. The highest BCUT2D eigenvalue weighted by molar-refractivity contribution is 5.70. The van der Waals surface area contributed by atoms with Crippen molar-refractivity contribution in [3.63, 3.8) is 0 Å². The Morgan fingerprint density at radius 3 is 1.14 bits per heavy atom. The van der Waals surface area contributed by atoms with Gasteiger partial charge in [-0.05, 0) is 38.5 Å². The van der Waals surface area contributed by atoms with E-state index in [9.17, 15) is 9.59 Å². The molecule has 0 heterocycles. The number of rotatable bonds is 47. The number of unbranched alkanes of at least 4 members (excludes halogenated alkanes) is 34. The summed E-state index contributed by atoms with van der Waals surface area (Å²) in [6, 6.07) is 0. The molecule has 0 N–H and O–H groups in total. The minimum atomic E-state index is -0.528. The fraction of sp³-hybridized carbons (Fsp3) is 0.922. The molecule has 0 bridgehead atoms. The molecule has 5 nitrogen and oxygen atoms in total. The molecule has 0 aliphatic heterocycles. The molecule has 0 rings (SSSR count). The van der Waals surface area contributed by atoms with Crippen LogP contribution in [-0.2, 0) is 23.8 Å². The first-order chi connectivity index (χ1) is 27.6. The van der Waals surface area contributed by atoms with E-state index in [1.165, 1.54) is 205 Å². The molecule has 0 saturated heterocycles. The van der Waals surface area contributed by atoms with E-state index in [0.717, 1.165) is 38.5 Å². The zero-order valence-corrected chi connectivity index (χ0v) is 38.2. The topological polar surface area (TPSA) is 61.8 Å². The fourth-order valence-electron chi connectivity index (χ4n) is 7.49. The Balaban J connectivity index is 4.20. The van der Waals surface area contributed by atoms with Crippen molar-refractivity contribution in [2.75, 3.05) is 19.8 Å². The van der Waals surface area contributed by atoms with Gasteiger partial charge < -0.3 is 14.2 Å². The fourth-order valence-corrected chi connectivity index (χ4v) is 7.49. The van der Waals surface area contributed by atoms with Crippen LogP contribution in [0.4, 0.5) is 0 Å². The van der Waals surface area contributed by atoms with E-state index in [1.54, 1.807) is 0 Å². The van der Waals surface area contributed by atoms with E-state index in [0.29, 0.717) is 26.1 Å². The van der Waals surface area contributed by atoms with Crippen LogP contribution in [-0.4, -0.2) is 37.9 Å². The third-order valence-corrected chi connectivity index (χ3v) is 11.3. The van der Waals surface area contributed by atoms with Gasteiger partial charge in [-0.15, -0.1) is 0 Å². The molecule has 1 unspecified atom stereocenters. The highest BCUT2D eigenvalue weighted by Gasteiger charge is 2.17. The van der Waals surface area contributed by atoms with E-state index in [1.807, 2.05) is 0 Å². The Kier molecular flexibility index (Phi) is 46.8. The summed E-state index contributed by atoms with van der Waals surface area (Å²) < 4.78 is 17.4. The molecule has 0 fully saturated rings. The molecule has 0 amide bonds. The minimum Gasteiger partial charge on any atom is -0.462 e. The highest BCUT2D eigenvalue weighted by Crippen LogP contribution is 2.16. The first-order valence-electron chi connectivity index (χ1n) is 25.2. The predicted molar refractivity (Wildman–Crippen MR) is 242 cm³/mol. The lowest BCUT2D eigenvalue weighted by Gasteiger charge is -2.18. The third-order valence-electron chi connectivity index (χ3n) is 11.3. The van der Waals surface area contributed by atoms with Crippen LogP contribution in [0.5, 0.6) is 0 Å². The van der Waals surface area contributed by atoms with E-state index < -0.39 is 6.10 Å². The first kappa shape index (κ1) is 54.6. The van der Waals surface area contributed by atoms with Gasteiger partial charge >= 0.3 is 11.9 Å². The lowest BCUT2D eigenvalue weighted by atomic mass is 10.0. The summed E-state index contributed by atoms with van der Waals surface area (Å²) in [6.45, 7) is 7.84. The average molecular weight is 791 g/mol. The Bertz CT molecular complexity index is 810. The Morgan fingerprint density at radius 1 is 0.375 bits per heavy atom. The van der Waals surface area contributed by atoms with Gasteiger partial charge in [0.1, 0.15) is 6.61 Å². The van der Waals surface area contributed by atoms with Crippen molar-refractivity contribution in [2.24, 2.45) is 0 Å². The van der Waals surface area contributed by atoms with Gasteiger partial charge in [0, 0.05) is 19.4 Å². The molecule has 332 valence electrons. The van der Waals surface area contributed by atoms with Crippen LogP contribution >= 0.6 is 0 Å². The maximum atomic E-state index is 12.8. The van der Waals surface area contributed by atoms with Gasteiger partial charge in [0.25, 0.3) is 0 Å². The van der Waals surface area contributed by atoms with Crippen molar-refractivity contribution < 1.29 is 23.8 Å². The summed E-state index contributed by atoms with van der Waals surface area (Å²) in [4.78, 5) is 25.3. The molecule has 0 radical (unpaired) electrons. The maximum Gasteiger partial charge on any atom is 0.306 e. The van der Waals surface area contributed by atoms with Gasteiger partial charge in [-0.2, -0.15) is 0 Å². The number of hydrogen-bond acceptors (Lipinski definition) is 5. The van der Waals surface area contributed by atoms with Crippen molar-refractivity contribution in [1.29, 1.82) is 0 Å². The quantitative estimate of drug-likeness (QED) is 0.0349. The molecule has 5 heteroatoms. The molecule has 0 aliphatic carbocycles. The van der Waals surface area contributed by atoms with Crippen molar-refractivity contribution in [3.8, 4) is 0 Å². The second-order valence-electron chi connectivity index (χ2n) is 17.1.